The van der Waals surface area contributed by atoms with Crippen molar-refractivity contribution in [3.05, 3.63) is 40.5 Å². The van der Waals surface area contributed by atoms with Crippen LogP contribution in [0.4, 0.5) is 0 Å². The topological polar surface area (TPSA) is 42.4 Å². The summed E-state index contributed by atoms with van der Waals surface area (Å²) in [5.41, 5.74) is 1.80. The lowest BCUT2D eigenvalue weighted by Crippen LogP contribution is -2.47. The van der Waals surface area contributed by atoms with Crippen molar-refractivity contribution in [3.8, 4) is 0 Å². The van der Waals surface area contributed by atoms with Gasteiger partial charge in [0.05, 0.1) is 18.7 Å². The summed E-state index contributed by atoms with van der Waals surface area (Å²) in [7, 11) is 0. The number of nitrogens with zero attached hydrogens (tertiary/aromatic N) is 1. The second-order valence-corrected chi connectivity index (χ2v) is 4.94. The van der Waals surface area contributed by atoms with Crippen LogP contribution in [-0.2, 0) is 10.3 Å². The first-order valence-corrected chi connectivity index (χ1v) is 5.83. The smallest absolute Gasteiger partial charge is 0.137 e. The molecule has 0 aliphatic carbocycles. The zero-order valence-corrected chi connectivity index (χ0v) is 10.2. The molecule has 0 radical (unpaired) electrons. The Kier molecular flexibility index (Phi) is 2.36. The molecule has 1 aromatic heterocycles. The van der Waals surface area contributed by atoms with Crippen molar-refractivity contribution < 1.29 is 9.84 Å². The number of fused-ring (bicyclic) bond motifs is 1. The maximum atomic E-state index is 10.5. The van der Waals surface area contributed by atoms with E-state index >= 15 is 0 Å². The Morgan fingerprint density at radius 3 is 2.82 bits per heavy atom. The van der Waals surface area contributed by atoms with Crippen LogP contribution in [0, 0.1) is 6.92 Å². The van der Waals surface area contributed by atoms with Gasteiger partial charge in [-0.2, -0.15) is 0 Å². The molecule has 0 atom stereocenters. The van der Waals surface area contributed by atoms with Gasteiger partial charge in [-0.3, -0.25) is 4.98 Å². The normalized spacial score (nSPS) is 18.1. The molecule has 1 aliphatic heterocycles. The molecule has 1 aliphatic rings. The van der Waals surface area contributed by atoms with Crippen molar-refractivity contribution in [1.29, 1.82) is 0 Å². The van der Waals surface area contributed by atoms with Crippen LogP contribution in [0.25, 0.3) is 10.9 Å². The summed E-state index contributed by atoms with van der Waals surface area (Å²) in [4.78, 5) is 4.34. The molecule has 3 nitrogen and oxygen atoms in total. The van der Waals surface area contributed by atoms with Gasteiger partial charge < -0.3 is 9.84 Å². The molecular weight excluding hydrogens is 238 g/mol. The van der Waals surface area contributed by atoms with Gasteiger partial charge in [-0.15, -0.1) is 0 Å². The fourth-order valence-electron chi connectivity index (χ4n) is 2.32. The van der Waals surface area contributed by atoms with Gasteiger partial charge in [-0.1, -0.05) is 11.6 Å². The van der Waals surface area contributed by atoms with Crippen LogP contribution in [0.3, 0.4) is 0 Å². The minimum atomic E-state index is -0.893. The standard InChI is InChI=1S/C13H12ClNO2/c1-8-5-15-11-3-2-9(14)4-10(11)12(8)13(16)6-17-7-13/h2-5,16H,6-7H2,1H3. The van der Waals surface area contributed by atoms with E-state index in [4.69, 9.17) is 16.3 Å². The van der Waals surface area contributed by atoms with Gasteiger partial charge in [0.25, 0.3) is 0 Å². The van der Waals surface area contributed by atoms with Crippen LogP contribution in [0.1, 0.15) is 11.1 Å². The molecule has 2 heterocycles. The summed E-state index contributed by atoms with van der Waals surface area (Å²) in [6, 6.07) is 5.52. The number of aryl methyl sites for hydroxylation is 1. The first-order valence-electron chi connectivity index (χ1n) is 5.46. The van der Waals surface area contributed by atoms with Gasteiger partial charge in [-0.25, -0.2) is 0 Å². The lowest BCUT2D eigenvalue weighted by Gasteiger charge is -2.38. The number of aromatic nitrogens is 1. The minimum absolute atomic E-state index is 0.333. The molecule has 0 bridgehead atoms. The Balaban J connectivity index is 2.34. The first kappa shape index (κ1) is 11.0. The molecule has 4 heteroatoms. The monoisotopic (exact) mass is 249 g/mol. The Bertz CT molecular complexity index is 588. The van der Waals surface area contributed by atoms with Crippen LogP contribution < -0.4 is 0 Å². The molecule has 2 aromatic rings. The van der Waals surface area contributed by atoms with Crippen molar-refractivity contribution in [2.75, 3.05) is 13.2 Å². The summed E-state index contributed by atoms with van der Waals surface area (Å²) in [5, 5.41) is 12.0. The highest BCUT2D eigenvalue weighted by Crippen LogP contribution is 2.36. The molecule has 3 rings (SSSR count). The molecule has 0 amide bonds. The molecule has 1 N–H and O–H groups in total. The highest BCUT2D eigenvalue weighted by atomic mass is 35.5. The van der Waals surface area contributed by atoms with E-state index in [2.05, 4.69) is 4.98 Å². The van der Waals surface area contributed by atoms with E-state index in [0.717, 1.165) is 22.0 Å². The largest absolute Gasteiger partial charge is 0.380 e. The Labute approximate surface area is 104 Å². The van der Waals surface area contributed by atoms with Crippen molar-refractivity contribution in [2.24, 2.45) is 0 Å². The second kappa shape index (κ2) is 3.67. The average Bonchev–Trinajstić information content (AvgIpc) is 2.26. The van der Waals surface area contributed by atoms with Gasteiger partial charge in [0.1, 0.15) is 5.60 Å². The van der Waals surface area contributed by atoms with E-state index < -0.39 is 5.60 Å². The molecule has 0 unspecified atom stereocenters. The van der Waals surface area contributed by atoms with Crippen molar-refractivity contribution in [1.82, 2.24) is 4.98 Å². The maximum absolute atomic E-state index is 10.5. The average molecular weight is 250 g/mol. The predicted molar refractivity (Wildman–Crippen MR) is 66.2 cm³/mol. The number of hydrogen-bond acceptors (Lipinski definition) is 3. The van der Waals surface area contributed by atoms with E-state index in [-0.39, 0.29) is 0 Å². The van der Waals surface area contributed by atoms with Crippen molar-refractivity contribution in [3.63, 3.8) is 0 Å². The molecule has 0 spiro atoms. The number of hydrogen-bond donors (Lipinski definition) is 1. The molecular formula is C13H12ClNO2. The molecule has 1 saturated heterocycles. The third-order valence-corrected chi connectivity index (χ3v) is 3.40. The number of halogens is 1. The van der Waals surface area contributed by atoms with Crippen LogP contribution >= 0.6 is 11.6 Å². The molecule has 88 valence electrons. The predicted octanol–water partition coefficient (Wildman–Crippen LogP) is 2.41. The van der Waals surface area contributed by atoms with E-state index in [0.29, 0.717) is 18.2 Å². The zero-order chi connectivity index (χ0) is 12.0. The van der Waals surface area contributed by atoms with Gasteiger partial charge in [-0.05, 0) is 30.7 Å². The zero-order valence-electron chi connectivity index (χ0n) is 9.40. The molecule has 0 saturated carbocycles. The highest BCUT2D eigenvalue weighted by Gasteiger charge is 2.40. The number of rotatable bonds is 1. The number of benzene rings is 1. The lowest BCUT2D eigenvalue weighted by atomic mass is 9.86. The Hall–Kier alpha value is -1.16. The Morgan fingerprint density at radius 2 is 2.18 bits per heavy atom. The van der Waals surface area contributed by atoms with E-state index in [1.807, 2.05) is 19.1 Å². The third-order valence-electron chi connectivity index (χ3n) is 3.17. The van der Waals surface area contributed by atoms with Crippen molar-refractivity contribution >= 4 is 22.5 Å². The van der Waals surface area contributed by atoms with E-state index in [9.17, 15) is 5.11 Å². The van der Waals surface area contributed by atoms with E-state index in [1.165, 1.54) is 0 Å². The molecule has 1 fully saturated rings. The summed E-state index contributed by atoms with van der Waals surface area (Å²) < 4.78 is 5.12. The van der Waals surface area contributed by atoms with Gasteiger partial charge in [0, 0.05) is 22.2 Å². The lowest BCUT2D eigenvalue weighted by molar-refractivity contribution is -0.184. The Morgan fingerprint density at radius 1 is 1.41 bits per heavy atom. The maximum Gasteiger partial charge on any atom is 0.137 e. The third kappa shape index (κ3) is 1.62. The van der Waals surface area contributed by atoms with Crippen LogP contribution in [0.15, 0.2) is 24.4 Å². The van der Waals surface area contributed by atoms with Crippen LogP contribution in [0.5, 0.6) is 0 Å². The summed E-state index contributed by atoms with van der Waals surface area (Å²) in [6.45, 7) is 2.61. The fraction of sp³-hybridized carbons (Fsp3) is 0.308. The highest BCUT2D eigenvalue weighted by molar-refractivity contribution is 6.31. The van der Waals surface area contributed by atoms with E-state index in [1.54, 1.807) is 12.3 Å². The van der Waals surface area contributed by atoms with Crippen LogP contribution in [-0.4, -0.2) is 23.3 Å². The first-order chi connectivity index (χ1) is 8.10. The van der Waals surface area contributed by atoms with Crippen molar-refractivity contribution in [2.45, 2.75) is 12.5 Å². The summed E-state index contributed by atoms with van der Waals surface area (Å²) >= 11 is 6.01. The quantitative estimate of drug-likeness (QED) is 0.844. The molecule has 1 aromatic carbocycles. The SMILES string of the molecule is Cc1cnc2ccc(Cl)cc2c1C1(O)COC1. The number of aliphatic hydroxyl groups is 1. The molecule has 17 heavy (non-hydrogen) atoms. The van der Waals surface area contributed by atoms with Gasteiger partial charge >= 0.3 is 0 Å². The number of pyridine rings is 1. The summed E-state index contributed by atoms with van der Waals surface area (Å²) in [6.07, 6.45) is 1.78. The van der Waals surface area contributed by atoms with Gasteiger partial charge in [0.2, 0.25) is 0 Å². The van der Waals surface area contributed by atoms with Gasteiger partial charge in [0.15, 0.2) is 0 Å². The van der Waals surface area contributed by atoms with Crippen LogP contribution in [0.2, 0.25) is 5.02 Å². The minimum Gasteiger partial charge on any atom is -0.380 e. The second-order valence-electron chi connectivity index (χ2n) is 4.50. The number of ether oxygens (including phenoxy) is 1. The summed E-state index contributed by atoms with van der Waals surface area (Å²) in [5.74, 6) is 0. The fourth-order valence-corrected chi connectivity index (χ4v) is 2.49.